The van der Waals surface area contributed by atoms with E-state index in [4.69, 9.17) is 5.73 Å². The lowest BCUT2D eigenvalue weighted by Gasteiger charge is -2.15. The van der Waals surface area contributed by atoms with Gasteiger partial charge in [0.15, 0.2) is 0 Å². The average Bonchev–Trinajstić information content (AvgIpc) is 3.23. The second kappa shape index (κ2) is 8.55. The Hall–Kier alpha value is -2.02. The number of benzene rings is 1. The van der Waals surface area contributed by atoms with E-state index in [1.54, 1.807) is 0 Å². The van der Waals surface area contributed by atoms with Crippen molar-refractivity contribution in [2.75, 3.05) is 21.9 Å². The summed E-state index contributed by atoms with van der Waals surface area (Å²) in [6.45, 7) is 2.33. The van der Waals surface area contributed by atoms with Gasteiger partial charge in [-0.05, 0) is 30.7 Å². The number of hydrogen-bond donors (Lipinski definition) is 2. The topological polar surface area (TPSA) is 135 Å². The summed E-state index contributed by atoms with van der Waals surface area (Å²) in [6.07, 6.45) is 0.776. The summed E-state index contributed by atoms with van der Waals surface area (Å²) in [6, 6.07) is 5.58. The molecule has 3 rings (SSSR count). The molecule has 1 fully saturated rings. The number of nitrogens with one attached hydrogen (secondary N) is 1. The van der Waals surface area contributed by atoms with Gasteiger partial charge in [-0.3, -0.25) is 14.3 Å². The maximum atomic E-state index is 12.5. The highest BCUT2D eigenvalue weighted by Crippen LogP contribution is 2.30. The minimum absolute atomic E-state index is 0.00218. The number of hydrogen-bond acceptors (Lipinski definition) is 9. The zero-order valence-corrected chi connectivity index (χ0v) is 17.4. The second-order valence-corrected chi connectivity index (χ2v) is 9.93. The second-order valence-electron chi connectivity index (χ2n) is 5.87. The number of imide groups is 1. The van der Waals surface area contributed by atoms with Gasteiger partial charge < -0.3 is 5.73 Å². The lowest BCUT2D eigenvalue weighted by molar-refractivity contribution is -0.121. The Morgan fingerprint density at radius 3 is 2.61 bits per heavy atom. The van der Waals surface area contributed by atoms with Crippen LogP contribution in [0.2, 0.25) is 0 Å². The largest absolute Gasteiger partial charge is 0.330 e. The quantitative estimate of drug-likeness (QED) is 0.584. The first-order valence-corrected chi connectivity index (χ1v) is 11.8. The Morgan fingerprint density at radius 1 is 1.29 bits per heavy atom. The molecule has 0 saturated carbocycles. The molecule has 150 valence electrons. The molecule has 12 heteroatoms. The molecule has 2 aromatic rings. The number of nitrogens with two attached hydrogens (primary N) is 1. The normalized spacial score (nSPS) is 17.4. The van der Waals surface area contributed by atoms with Crippen molar-refractivity contribution in [3.05, 3.63) is 29.3 Å². The van der Waals surface area contributed by atoms with Crippen LogP contribution in [0.3, 0.4) is 0 Å². The van der Waals surface area contributed by atoms with Gasteiger partial charge in [0.1, 0.15) is 5.01 Å². The van der Waals surface area contributed by atoms with E-state index in [1.165, 1.54) is 36.0 Å². The number of nitrogens with zero attached hydrogens (tertiary/aromatic N) is 3. The number of thioether (sulfide) groups is 1. The van der Waals surface area contributed by atoms with Gasteiger partial charge in [-0.15, -0.1) is 22.0 Å². The van der Waals surface area contributed by atoms with E-state index >= 15 is 0 Å². The summed E-state index contributed by atoms with van der Waals surface area (Å²) in [5.41, 5.74) is 5.79. The number of carbonyl (C=O) groups excluding carboxylic acids is 2. The Kier molecular flexibility index (Phi) is 6.33. The molecule has 0 radical (unpaired) electrons. The summed E-state index contributed by atoms with van der Waals surface area (Å²) in [5, 5.41) is 8.13. The molecule has 2 heterocycles. The number of aromatic nitrogens is 2. The van der Waals surface area contributed by atoms with E-state index in [1.807, 2.05) is 6.92 Å². The number of amides is 2. The molecular weight excluding hydrogens is 422 g/mol. The molecule has 3 N–H and O–H groups in total. The number of sulfonamides is 1. The van der Waals surface area contributed by atoms with Gasteiger partial charge >= 0.3 is 0 Å². The van der Waals surface area contributed by atoms with Gasteiger partial charge in [-0.1, -0.05) is 18.3 Å². The Morgan fingerprint density at radius 2 is 2.00 bits per heavy atom. The first kappa shape index (κ1) is 20.7. The maximum absolute atomic E-state index is 12.5. The van der Waals surface area contributed by atoms with Gasteiger partial charge in [0, 0.05) is 18.7 Å². The number of carbonyl (C=O) groups is 2. The third-order valence-corrected chi connectivity index (χ3v) is 7.65. The molecule has 1 unspecified atom stereocenters. The van der Waals surface area contributed by atoms with Crippen LogP contribution in [0.15, 0.2) is 29.2 Å². The van der Waals surface area contributed by atoms with Crippen LogP contribution in [-0.4, -0.2) is 48.0 Å². The standard InChI is InChI=1S/C16H19N5O4S3/c1-2-13-18-19-16(27-13)20-28(24,25)11-5-3-10(4-6-11)21-14(22)9-12(15(21)23)26-8-7-17/h3-6,12H,2,7-9,17H2,1H3,(H,19,20). The monoisotopic (exact) mass is 441 g/mol. The van der Waals surface area contributed by atoms with Crippen molar-refractivity contribution in [3.63, 3.8) is 0 Å². The predicted octanol–water partition coefficient (Wildman–Crippen LogP) is 1.23. The molecule has 1 aromatic heterocycles. The van der Waals surface area contributed by atoms with Crippen LogP contribution in [0.5, 0.6) is 0 Å². The minimum atomic E-state index is -3.85. The molecule has 1 saturated heterocycles. The Labute approximate surface area is 170 Å². The number of rotatable bonds is 8. The van der Waals surface area contributed by atoms with E-state index in [0.29, 0.717) is 24.4 Å². The van der Waals surface area contributed by atoms with E-state index < -0.39 is 15.3 Å². The fourth-order valence-electron chi connectivity index (χ4n) is 2.60. The van der Waals surface area contributed by atoms with Crippen LogP contribution >= 0.6 is 23.1 Å². The first-order valence-electron chi connectivity index (χ1n) is 8.49. The highest BCUT2D eigenvalue weighted by Gasteiger charge is 2.39. The molecule has 28 heavy (non-hydrogen) atoms. The Bertz CT molecular complexity index is 974. The smallest absolute Gasteiger partial charge is 0.263 e. The van der Waals surface area contributed by atoms with Crippen LogP contribution in [0, 0.1) is 0 Å². The predicted molar refractivity (Wildman–Crippen MR) is 109 cm³/mol. The molecule has 1 atom stereocenters. The molecule has 1 aromatic carbocycles. The molecule has 9 nitrogen and oxygen atoms in total. The van der Waals surface area contributed by atoms with E-state index in [2.05, 4.69) is 14.9 Å². The first-order chi connectivity index (χ1) is 13.4. The van der Waals surface area contributed by atoms with E-state index in [-0.39, 0.29) is 28.3 Å². The summed E-state index contributed by atoms with van der Waals surface area (Å²) in [5.74, 6) is -0.0292. The minimum Gasteiger partial charge on any atom is -0.330 e. The zero-order valence-electron chi connectivity index (χ0n) is 15.0. The highest BCUT2D eigenvalue weighted by atomic mass is 32.2. The van der Waals surface area contributed by atoms with E-state index in [0.717, 1.165) is 21.2 Å². The fraction of sp³-hybridized carbons (Fsp3) is 0.375. The van der Waals surface area contributed by atoms with Gasteiger partial charge in [0.05, 0.1) is 15.8 Å². The molecule has 1 aliphatic rings. The van der Waals surface area contributed by atoms with Crippen molar-refractivity contribution in [2.24, 2.45) is 5.73 Å². The van der Waals surface area contributed by atoms with Crippen molar-refractivity contribution in [3.8, 4) is 0 Å². The SMILES string of the molecule is CCc1nnc(NS(=O)(=O)c2ccc(N3C(=O)CC(SCCN)C3=O)cc2)s1. The molecule has 0 bridgehead atoms. The van der Waals surface area contributed by atoms with Crippen LogP contribution < -0.4 is 15.4 Å². The Balaban J connectivity index is 1.75. The average molecular weight is 442 g/mol. The van der Waals surface area contributed by atoms with Crippen molar-refractivity contribution in [2.45, 2.75) is 29.9 Å². The summed E-state index contributed by atoms with van der Waals surface area (Å²) < 4.78 is 27.4. The van der Waals surface area contributed by atoms with Crippen molar-refractivity contribution in [1.29, 1.82) is 0 Å². The van der Waals surface area contributed by atoms with Crippen LogP contribution in [0.1, 0.15) is 18.4 Å². The molecule has 0 aliphatic carbocycles. The molecule has 2 amide bonds. The molecular formula is C16H19N5O4S3. The van der Waals surface area contributed by atoms with Crippen LogP contribution in [0.4, 0.5) is 10.8 Å². The summed E-state index contributed by atoms with van der Waals surface area (Å²) in [4.78, 5) is 25.8. The summed E-state index contributed by atoms with van der Waals surface area (Å²) >= 11 is 2.52. The maximum Gasteiger partial charge on any atom is 0.263 e. The zero-order chi connectivity index (χ0) is 20.3. The van der Waals surface area contributed by atoms with Crippen molar-refractivity contribution < 1.29 is 18.0 Å². The lowest BCUT2D eigenvalue weighted by atomic mass is 10.3. The fourth-order valence-corrected chi connectivity index (χ4v) is 5.44. The van der Waals surface area contributed by atoms with Gasteiger partial charge in [-0.2, -0.15) is 0 Å². The summed E-state index contributed by atoms with van der Waals surface area (Å²) in [7, 11) is -3.85. The van der Waals surface area contributed by atoms with E-state index in [9.17, 15) is 18.0 Å². The third kappa shape index (κ3) is 4.35. The number of aryl methyl sites for hydroxylation is 1. The van der Waals surface area contributed by atoms with Crippen LogP contribution in [0.25, 0.3) is 0 Å². The van der Waals surface area contributed by atoms with Gasteiger partial charge in [0.2, 0.25) is 16.9 Å². The van der Waals surface area contributed by atoms with Gasteiger partial charge in [0.25, 0.3) is 10.0 Å². The third-order valence-electron chi connectivity index (χ3n) is 3.94. The van der Waals surface area contributed by atoms with Crippen molar-refractivity contribution in [1.82, 2.24) is 10.2 Å². The number of anilines is 2. The van der Waals surface area contributed by atoms with Crippen molar-refractivity contribution >= 4 is 55.8 Å². The highest BCUT2D eigenvalue weighted by molar-refractivity contribution is 8.00. The van der Waals surface area contributed by atoms with Gasteiger partial charge in [-0.25, -0.2) is 13.3 Å². The molecule has 1 aliphatic heterocycles. The lowest BCUT2D eigenvalue weighted by Crippen LogP contribution is -2.31. The van der Waals surface area contributed by atoms with Crippen LogP contribution in [-0.2, 0) is 26.0 Å². The molecule has 0 spiro atoms.